The first kappa shape index (κ1) is 34.7. The molecule has 0 fully saturated rings. The zero-order valence-corrected chi connectivity index (χ0v) is 33.8. The van der Waals surface area contributed by atoms with Gasteiger partial charge in [0.05, 0.1) is 27.8 Å². The molecule has 3 heterocycles. The van der Waals surface area contributed by atoms with E-state index in [2.05, 4.69) is 228 Å². The van der Waals surface area contributed by atoms with Gasteiger partial charge in [-0.15, -0.1) is 0 Å². The summed E-state index contributed by atoms with van der Waals surface area (Å²) in [6.07, 6.45) is 9.10. The average molecular weight is 770 g/mol. The van der Waals surface area contributed by atoms with E-state index < -0.39 is 0 Å². The molecule has 12 rings (SSSR count). The number of benzene rings is 8. The third-order valence-electron chi connectivity index (χ3n) is 13.1. The monoisotopic (exact) mass is 769 g/mol. The van der Waals surface area contributed by atoms with E-state index in [1.807, 2.05) is 0 Å². The first-order valence-corrected chi connectivity index (χ1v) is 21.2. The van der Waals surface area contributed by atoms with Crippen molar-refractivity contribution in [3.8, 4) is 22.5 Å². The fourth-order valence-corrected chi connectivity index (χ4v) is 10.2. The number of para-hydroxylation sites is 3. The second-order valence-corrected chi connectivity index (χ2v) is 16.8. The fourth-order valence-electron chi connectivity index (χ4n) is 10.2. The second kappa shape index (κ2) is 13.3. The van der Waals surface area contributed by atoms with Gasteiger partial charge >= 0.3 is 0 Å². The molecule has 1 aliphatic heterocycles. The summed E-state index contributed by atoms with van der Waals surface area (Å²) in [6, 6.07) is 67.3. The highest BCUT2D eigenvalue weighted by atomic mass is 15.1. The van der Waals surface area contributed by atoms with Crippen molar-refractivity contribution >= 4 is 66.2 Å². The quantitative estimate of drug-likeness (QED) is 0.164. The maximum absolute atomic E-state index is 2.55. The molecule has 0 saturated heterocycles. The Balaban J connectivity index is 1.09. The second-order valence-electron chi connectivity index (χ2n) is 16.8. The predicted molar refractivity (Wildman–Crippen MR) is 254 cm³/mol. The van der Waals surface area contributed by atoms with Crippen molar-refractivity contribution in [3.63, 3.8) is 0 Å². The van der Waals surface area contributed by atoms with Crippen molar-refractivity contribution in [1.29, 1.82) is 0 Å². The third-order valence-corrected chi connectivity index (χ3v) is 13.1. The number of allylic oxidation sites excluding steroid dienone is 4. The normalized spacial score (nSPS) is 14.2. The molecule has 8 aromatic carbocycles. The molecular weight excluding hydrogens is 727 g/mol. The van der Waals surface area contributed by atoms with Gasteiger partial charge in [0.2, 0.25) is 0 Å². The summed E-state index contributed by atoms with van der Waals surface area (Å²) in [4.78, 5) is 2.43. The minimum absolute atomic E-state index is 0.315. The minimum Gasteiger partial charge on any atom is -0.310 e. The van der Waals surface area contributed by atoms with E-state index >= 15 is 0 Å². The van der Waals surface area contributed by atoms with Gasteiger partial charge in [-0.1, -0.05) is 141 Å². The molecule has 1 aliphatic carbocycles. The minimum atomic E-state index is -0.315. The summed E-state index contributed by atoms with van der Waals surface area (Å²) in [7, 11) is 0. The smallest absolute Gasteiger partial charge is 0.0641 e. The average Bonchev–Trinajstić information content (AvgIpc) is 3.83. The number of fused-ring (bicyclic) bond motifs is 9. The van der Waals surface area contributed by atoms with Crippen molar-refractivity contribution in [3.05, 3.63) is 217 Å². The molecule has 0 saturated carbocycles. The van der Waals surface area contributed by atoms with Crippen LogP contribution in [0.4, 0.5) is 17.1 Å². The van der Waals surface area contributed by atoms with E-state index in [9.17, 15) is 0 Å². The number of rotatable bonds is 6. The zero-order chi connectivity index (χ0) is 40.0. The van der Waals surface area contributed by atoms with E-state index in [1.165, 1.54) is 88.4 Å². The number of aromatic nitrogens is 2. The molecule has 0 atom stereocenters. The molecule has 2 aromatic heterocycles. The molecule has 0 unspecified atom stereocenters. The Morgan fingerprint density at radius 1 is 0.467 bits per heavy atom. The lowest BCUT2D eigenvalue weighted by molar-refractivity contribution is 0.631. The number of nitrogens with zero attached hydrogens (tertiary/aromatic N) is 3. The van der Waals surface area contributed by atoms with Crippen molar-refractivity contribution in [2.24, 2.45) is 0 Å². The predicted octanol–water partition coefficient (Wildman–Crippen LogP) is 15.4. The highest BCUT2D eigenvalue weighted by molar-refractivity contribution is 6.27. The van der Waals surface area contributed by atoms with Gasteiger partial charge in [0.1, 0.15) is 0 Å². The molecule has 0 N–H and O–H groups in total. The molecule has 60 heavy (non-hydrogen) atoms. The highest BCUT2D eigenvalue weighted by Crippen LogP contribution is 2.53. The third kappa shape index (κ3) is 5.15. The summed E-state index contributed by atoms with van der Waals surface area (Å²) in [5.41, 5.74) is 18.1. The molecule has 3 nitrogen and oxygen atoms in total. The van der Waals surface area contributed by atoms with Crippen LogP contribution in [0.5, 0.6) is 0 Å². The molecule has 10 aromatic rings. The molecule has 0 radical (unpaired) electrons. The lowest BCUT2D eigenvalue weighted by Gasteiger charge is -2.36. The van der Waals surface area contributed by atoms with Crippen molar-refractivity contribution in [2.75, 3.05) is 4.90 Å². The first-order valence-electron chi connectivity index (χ1n) is 21.2. The Hall–Kier alpha value is -7.36. The molecule has 2 aliphatic rings. The molecule has 0 bridgehead atoms. The Bertz CT molecular complexity index is 3360. The van der Waals surface area contributed by atoms with Gasteiger partial charge in [0.25, 0.3) is 0 Å². The number of anilines is 3. The Morgan fingerprint density at radius 2 is 1.07 bits per heavy atom. The summed E-state index contributed by atoms with van der Waals surface area (Å²) in [6.45, 7) is 4.85. The van der Waals surface area contributed by atoms with Crippen LogP contribution >= 0.6 is 0 Å². The van der Waals surface area contributed by atoms with Gasteiger partial charge in [-0.25, -0.2) is 0 Å². The van der Waals surface area contributed by atoms with Gasteiger partial charge < -0.3 is 14.0 Å². The van der Waals surface area contributed by atoms with Crippen LogP contribution in [0.15, 0.2) is 200 Å². The standard InChI is InChI=1S/C57H43N3/c1-57(2)49-36-45(58(43-30-26-40(27-31-43)38-16-6-3-7-17-38)44-32-28-41(29-33-44)39-18-8-4-9-19-39)34-35-53(49)60-52-25-15-13-23-47(52)54-55-48(37-50(57)56(54)60)46-22-12-14-24-51(46)59(55)42-20-10-5-11-21-42/h3,5-8,10-37H,4,9H2,1-2H3. The Kier molecular flexibility index (Phi) is 7.71. The fraction of sp³-hybridized carbons (Fsp3) is 0.0877. The SMILES string of the molecule is CC1(C)c2cc(N(c3ccc(C4=CCCC=C4)cc3)c3ccc(-c4ccccc4)cc3)ccc2-n2c3ccccc3c3c2c1cc1c2ccccc2n(-c2ccccc2)c13. The van der Waals surface area contributed by atoms with Crippen molar-refractivity contribution in [2.45, 2.75) is 32.1 Å². The number of hydrogen-bond donors (Lipinski definition) is 0. The topological polar surface area (TPSA) is 13.1 Å². The maximum Gasteiger partial charge on any atom is 0.0641 e. The largest absolute Gasteiger partial charge is 0.310 e. The van der Waals surface area contributed by atoms with Crippen LogP contribution in [0.1, 0.15) is 43.4 Å². The summed E-state index contributed by atoms with van der Waals surface area (Å²) >= 11 is 0. The van der Waals surface area contributed by atoms with Crippen LogP contribution in [0.3, 0.4) is 0 Å². The van der Waals surface area contributed by atoms with Crippen LogP contribution in [0.2, 0.25) is 0 Å². The van der Waals surface area contributed by atoms with Gasteiger partial charge in [0, 0.05) is 49.7 Å². The Morgan fingerprint density at radius 3 is 1.77 bits per heavy atom. The molecule has 0 spiro atoms. The van der Waals surface area contributed by atoms with E-state index in [4.69, 9.17) is 0 Å². The van der Waals surface area contributed by atoms with Crippen LogP contribution in [0.25, 0.3) is 71.7 Å². The first-order chi connectivity index (χ1) is 29.5. The van der Waals surface area contributed by atoms with E-state index in [0.29, 0.717) is 0 Å². The highest BCUT2D eigenvalue weighted by Gasteiger charge is 2.38. The van der Waals surface area contributed by atoms with Gasteiger partial charge in [0.15, 0.2) is 0 Å². The number of hydrogen-bond acceptors (Lipinski definition) is 1. The van der Waals surface area contributed by atoms with Crippen LogP contribution in [-0.4, -0.2) is 9.13 Å². The van der Waals surface area contributed by atoms with Gasteiger partial charge in [-0.2, -0.15) is 0 Å². The van der Waals surface area contributed by atoms with Crippen LogP contribution in [0, 0.1) is 0 Å². The van der Waals surface area contributed by atoms with Gasteiger partial charge in [-0.3, -0.25) is 0 Å². The van der Waals surface area contributed by atoms with E-state index in [-0.39, 0.29) is 5.41 Å². The van der Waals surface area contributed by atoms with E-state index in [1.54, 1.807) is 0 Å². The maximum atomic E-state index is 2.55. The van der Waals surface area contributed by atoms with Crippen molar-refractivity contribution in [1.82, 2.24) is 9.13 Å². The molecule has 286 valence electrons. The molecule has 0 amide bonds. The molecule has 3 heteroatoms. The van der Waals surface area contributed by atoms with Crippen LogP contribution in [-0.2, 0) is 5.41 Å². The van der Waals surface area contributed by atoms with E-state index in [0.717, 1.165) is 29.9 Å². The Labute approximate surface area is 350 Å². The summed E-state index contributed by atoms with van der Waals surface area (Å²) in [5, 5.41) is 5.14. The van der Waals surface area contributed by atoms with Crippen LogP contribution < -0.4 is 4.90 Å². The van der Waals surface area contributed by atoms with Gasteiger partial charge in [-0.05, 0) is 119 Å². The lowest BCUT2D eigenvalue weighted by atomic mass is 9.74. The molecular formula is C57H43N3. The lowest BCUT2D eigenvalue weighted by Crippen LogP contribution is -2.27. The summed E-state index contributed by atoms with van der Waals surface area (Å²) < 4.78 is 5.04. The van der Waals surface area contributed by atoms with Crippen molar-refractivity contribution < 1.29 is 0 Å². The zero-order valence-electron chi connectivity index (χ0n) is 33.8. The summed E-state index contributed by atoms with van der Waals surface area (Å²) in [5.74, 6) is 0.